The normalized spacial score (nSPS) is 16.3. The van der Waals surface area contributed by atoms with Crippen LogP contribution in [-0.2, 0) is 4.79 Å². The summed E-state index contributed by atoms with van der Waals surface area (Å²) in [4.78, 5) is 54.9. The Kier molecular flexibility index (Phi) is 5.55. The molecule has 0 saturated carbocycles. The van der Waals surface area contributed by atoms with Crippen LogP contribution in [0.2, 0.25) is 0 Å². The van der Waals surface area contributed by atoms with Crippen LogP contribution in [0.4, 0.5) is 5.69 Å². The van der Waals surface area contributed by atoms with Crippen molar-refractivity contribution in [3.63, 3.8) is 0 Å². The fourth-order valence-corrected chi connectivity index (χ4v) is 4.28. The molecule has 1 aliphatic heterocycles. The Balaban J connectivity index is 1.92. The molecule has 158 valence electrons. The lowest BCUT2D eigenvalue weighted by molar-refractivity contribution is -0.116. The molecule has 31 heavy (non-hydrogen) atoms. The number of ketones is 3. The van der Waals surface area contributed by atoms with Crippen LogP contribution >= 0.6 is 0 Å². The largest absolute Gasteiger partial charge is 0.367 e. The number of benzene rings is 2. The molecule has 0 radical (unpaired) electrons. The van der Waals surface area contributed by atoms with E-state index in [-0.39, 0.29) is 34.7 Å². The van der Waals surface area contributed by atoms with E-state index >= 15 is 0 Å². The molecule has 6 heteroatoms. The predicted molar refractivity (Wildman–Crippen MR) is 117 cm³/mol. The van der Waals surface area contributed by atoms with E-state index in [4.69, 9.17) is 0 Å². The van der Waals surface area contributed by atoms with Crippen LogP contribution in [-0.4, -0.2) is 41.2 Å². The van der Waals surface area contributed by atoms with Crippen molar-refractivity contribution >= 4 is 28.9 Å². The summed E-state index contributed by atoms with van der Waals surface area (Å²) in [7, 11) is 0. The third-order valence-electron chi connectivity index (χ3n) is 5.81. The number of fused-ring (bicyclic) bond motifs is 1. The quantitative estimate of drug-likeness (QED) is 0.704. The van der Waals surface area contributed by atoms with E-state index in [0.717, 1.165) is 19.3 Å². The van der Waals surface area contributed by atoms with Gasteiger partial charge in [-0.1, -0.05) is 24.3 Å². The van der Waals surface area contributed by atoms with Crippen LogP contribution in [0.1, 0.15) is 64.2 Å². The third kappa shape index (κ3) is 3.69. The number of Topliss-reactive ketones (excluding diaryl/α,β-unsaturated/α-hetero) is 3. The molecule has 1 amide bonds. The van der Waals surface area contributed by atoms with Gasteiger partial charge in [-0.3, -0.25) is 24.1 Å². The van der Waals surface area contributed by atoms with Crippen LogP contribution in [0.25, 0.3) is 0 Å². The average Bonchev–Trinajstić information content (AvgIpc) is 2.78. The van der Waals surface area contributed by atoms with Crippen LogP contribution in [0.3, 0.4) is 0 Å². The smallest absolute Gasteiger partial charge is 0.228 e. The number of allylic oxidation sites excluding steroid dienone is 2. The number of rotatable bonds is 4. The number of hydrogen-bond donors (Lipinski definition) is 0. The summed E-state index contributed by atoms with van der Waals surface area (Å²) in [6, 6.07) is 13.3. The maximum atomic E-state index is 13.6. The van der Waals surface area contributed by atoms with Crippen molar-refractivity contribution in [3.8, 4) is 0 Å². The Morgan fingerprint density at radius 3 is 1.94 bits per heavy atom. The third-order valence-corrected chi connectivity index (χ3v) is 5.81. The van der Waals surface area contributed by atoms with Crippen LogP contribution < -0.4 is 4.90 Å². The molecule has 0 spiro atoms. The molecule has 0 unspecified atom stereocenters. The zero-order valence-corrected chi connectivity index (χ0v) is 17.7. The van der Waals surface area contributed by atoms with Crippen molar-refractivity contribution in [2.24, 2.45) is 0 Å². The second-order valence-corrected chi connectivity index (χ2v) is 7.91. The number of carbonyl (C=O) groups excluding carboxylic acids is 4. The van der Waals surface area contributed by atoms with Crippen LogP contribution in [0.5, 0.6) is 0 Å². The monoisotopic (exact) mass is 416 g/mol. The number of anilines is 1. The van der Waals surface area contributed by atoms with Gasteiger partial charge in [-0.15, -0.1) is 0 Å². The van der Waals surface area contributed by atoms with E-state index in [1.54, 1.807) is 48.5 Å². The van der Waals surface area contributed by atoms with Gasteiger partial charge in [0.2, 0.25) is 17.5 Å². The summed E-state index contributed by atoms with van der Waals surface area (Å²) in [5.74, 6) is -1.05. The first-order valence-corrected chi connectivity index (χ1v) is 10.5. The fraction of sp³-hybridized carbons (Fsp3) is 0.280. The first kappa shape index (κ1) is 20.7. The molecule has 4 rings (SSSR count). The van der Waals surface area contributed by atoms with E-state index in [9.17, 15) is 19.2 Å². The van der Waals surface area contributed by atoms with Gasteiger partial charge in [0.1, 0.15) is 11.4 Å². The predicted octanol–water partition coefficient (Wildman–Crippen LogP) is 4.02. The van der Waals surface area contributed by atoms with Gasteiger partial charge in [0.05, 0.1) is 0 Å². The number of hydrogen-bond acceptors (Lipinski definition) is 5. The second-order valence-electron chi connectivity index (χ2n) is 7.91. The van der Waals surface area contributed by atoms with Crippen LogP contribution in [0.15, 0.2) is 59.9 Å². The van der Waals surface area contributed by atoms with E-state index in [1.165, 1.54) is 18.7 Å². The Labute approximate surface area is 181 Å². The summed E-state index contributed by atoms with van der Waals surface area (Å²) in [6.07, 6.45) is 2.92. The van der Waals surface area contributed by atoms with Crippen LogP contribution in [0, 0.1) is 0 Å². The maximum Gasteiger partial charge on any atom is 0.228 e. The van der Waals surface area contributed by atoms with Crippen molar-refractivity contribution < 1.29 is 19.2 Å². The zero-order valence-electron chi connectivity index (χ0n) is 17.7. The number of likely N-dealkylation sites (tertiary alicyclic amines) is 1. The Hall–Kier alpha value is -3.54. The molecule has 2 aromatic rings. The van der Waals surface area contributed by atoms with E-state index in [0.29, 0.717) is 35.5 Å². The lowest BCUT2D eigenvalue weighted by Gasteiger charge is -2.36. The maximum absolute atomic E-state index is 13.6. The topological polar surface area (TPSA) is 74.8 Å². The van der Waals surface area contributed by atoms with Crippen molar-refractivity contribution in [1.82, 2.24) is 4.90 Å². The molecule has 1 aliphatic carbocycles. The highest BCUT2D eigenvalue weighted by atomic mass is 16.2. The molecule has 0 N–H and O–H groups in total. The van der Waals surface area contributed by atoms with Gasteiger partial charge in [-0.25, -0.2) is 0 Å². The number of nitrogens with zero attached hydrogens (tertiary/aromatic N) is 2. The SMILES string of the molecule is CC(=O)c1ccc(N(C(C)=O)C2=C(N3CCCCC3)C(=O)c3ccccc3C2=O)cc1. The number of carbonyl (C=O) groups is 4. The van der Waals surface area contributed by atoms with Gasteiger partial charge < -0.3 is 4.90 Å². The molecule has 2 aromatic carbocycles. The van der Waals surface area contributed by atoms with Crippen molar-refractivity contribution in [2.45, 2.75) is 33.1 Å². The lowest BCUT2D eigenvalue weighted by Crippen LogP contribution is -2.43. The van der Waals surface area contributed by atoms with Gasteiger partial charge in [0, 0.05) is 42.4 Å². The van der Waals surface area contributed by atoms with Gasteiger partial charge >= 0.3 is 0 Å². The highest BCUT2D eigenvalue weighted by Crippen LogP contribution is 2.34. The number of amides is 1. The first-order valence-electron chi connectivity index (χ1n) is 10.5. The van der Waals surface area contributed by atoms with E-state index in [1.807, 2.05) is 4.90 Å². The highest BCUT2D eigenvalue weighted by Gasteiger charge is 2.39. The van der Waals surface area contributed by atoms with Gasteiger partial charge in [0.25, 0.3) is 0 Å². The molecule has 0 atom stereocenters. The molecular weight excluding hydrogens is 392 g/mol. The first-order chi connectivity index (χ1) is 14.9. The summed E-state index contributed by atoms with van der Waals surface area (Å²) >= 11 is 0. The molecule has 2 aliphatic rings. The van der Waals surface area contributed by atoms with Gasteiger partial charge in [0.15, 0.2) is 5.78 Å². The minimum Gasteiger partial charge on any atom is -0.367 e. The molecule has 1 saturated heterocycles. The Morgan fingerprint density at radius 1 is 0.806 bits per heavy atom. The van der Waals surface area contributed by atoms with Crippen molar-refractivity contribution in [2.75, 3.05) is 18.0 Å². The minimum atomic E-state index is -0.374. The minimum absolute atomic E-state index is 0.0907. The van der Waals surface area contributed by atoms with Gasteiger partial charge in [-0.2, -0.15) is 0 Å². The van der Waals surface area contributed by atoms with E-state index in [2.05, 4.69) is 0 Å². The molecule has 6 nitrogen and oxygen atoms in total. The summed E-state index contributed by atoms with van der Waals surface area (Å²) in [6.45, 7) is 4.16. The molecule has 0 aromatic heterocycles. The summed E-state index contributed by atoms with van der Waals surface area (Å²) in [5, 5.41) is 0. The Bertz CT molecular complexity index is 1110. The zero-order chi connectivity index (χ0) is 22.1. The van der Waals surface area contributed by atoms with Gasteiger partial charge in [-0.05, 0) is 50.5 Å². The number of piperidine rings is 1. The average molecular weight is 416 g/mol. The Morgan fingerprint density at radius 2 is 1.39 bits per heavy atom. The standard InChI is InChI=1S/C25H24N2O4/c1-16(28)18-10-12-19(13-11-18)27(17(2)29)23-22(26-14-6-3-7-15-26)24(30)20-8-4-5-9-21(20)25(23)31/h4-5,8-13H,3,6-7,14-15H2,1-2H3. The second kappa shape index (κ2) is 8.30. The molecule has 1 fully saturated rings. The lowest BCUT2D eigenvalue weighted by atomic mass is 9.88. The highest BCUT2D eigenvalue weighted by molar-refractivity contribution is 6.29. The summed E-state index contributed by atoms with van der Waals surface area (Å²) in [5.41, 5.74) is 2.00. The van der Waals surface area contributed by atoms with Crippen molar-refractivity contribution in [3.05, 3.63) is 76.6 Å². The molecule has 1 heterocycles. The van der Waals surface area contributed by atoms with E-state index < -0.39 is 0 Å². The molecular formula is C25H24N2O4. The van der Waals surface area contributed by atoms with Crippen molar-refractivity contribution in [1.29, 1.82) is 0 Å². The molecule has 0 bridgehead atoms. The fourth-order valence-electron chi connectivity index (χ4n) is 4.28. The summed E-state index contributed by atoms with van der Waals surface area (Å²) < 4.78 is 0.